The summed E-state index contributed by atoms with van der Waals surface area (Å²) >= 11 is 0. The van der Waals surface area contributed by atoms with Crippen LogP contribution in [0.4, 0.5) is 0 Å². The van der Waals surface area contributed by atoms with Gasteiger partial charge < -0.3 is 11.1 Å². The molecule has 1 fully saturated rings. The zero-order chi connectivity index (χ0) is 11.3. The minimum atomic E-state index is 0.120. The molecule has 0 aromatic carbocycles. The molecule has 0 spiro atoms. The fourth-order valence-corrected chi connectivity index (χ4v) is 2.55. The van der Waals surface area contributed by atoms with E-state index in [-0.39, 0.29) is 5.91 Å². The van der Waals surface area contributed by atoms with Crippen molar-refractivity contribution in [2.75, 3.05) is 6.54 Å². The Kier molecular flexibility index (Phi) is 5.09. The van der Waals surface area contributed by atoms with Crippen LogP contribution < -0.4 is 11.1 Å². The van der Waals surface area contributed by atoms with Crippen molar-refractivity contribution in [3.8, 4) is 0 Å². The van der Waals surface area contributed by atoms with E-state index < -0.39 is 0 Å². The number of hydrogen-bond donors (Lipinski definition) is 2. The van der Waals surface area contributed by atoms with Gasteiger partial charge in [0.1, 0.15) is 0 Å². The molecule has 1 aliphatic carbocycles. The van der Waals surface area contributed by atoms with Crippen LogP contribution >= 0.6 is 0 Å². The quantitative estimate of drug-likeness (QED) is 0.744. The van der Waals surface area contributed by atoms with Crippen molar-refractivity contribution in [2.45, 2.75) is 52.0 Å². The van der Waals surface area contributed by atoms with Crippen molar-refractivity contribution in [3.05, 3.63) is 0 Å². The predicted molar refractivity (Wildman–Crippen MR) is 62.4 cm³/mol. The molecule has 0 aliphatic heterocycles. The van der Waals surface area contributed by atoms with Gasteiger partial charge in [-0.2, -0.15) is 0 Å². The van der Waals surface area contributed by atoms with Gasteiger partial charge in [-0.3, -0.25) is 4.79 Å². The number of nitrogens with two attached hydrogens (primary N) is 1. The van der Waals surface area contributed by atoms with E-state index in [9.17, 15) is 4.79 Å². The maximum absolute atomic E-state index is 11.5. The number of hydrogen-bond acceptors (Lipinski definition) is 2. The molecule has 3 nitrogen and oxygen atoms in total. The van der Waals surface area contributed by atoms with Gasteiger partial charge >= 0.3 is 0 Å². The van der Waals surface area contributed by atoms with Crippen LogP contribution in [-0.4, -0.2) is 18.5 Å². The number of nitrogens with one attached hydrogen (secondary N) is 1. The molecule has 0 bridgehead atoms. The van der Waals surface area contributed by atoms with E-state index in [2.05, 4.69) is 19.2 Å². The van der Waals surface area contributed by atoms with Gasteiger partial charge in [0.15, 0.2) is 0 Å². The van der Waals surface area contributed by atoms with Crippen LogP contribution in [0.15, 0.2) is 0 Å². The summed E-state index contributed by atoms with van der Waals surface area (Å²) in [5.41, 5.74) is 5.37. The molecule has 0 heterocycles. The van der Waals surface area contributed by atoms with Gasteiger partial charge in [0.05, 0.1) is 0 Å². The second-order valence-corrected chi connectivity index (χ2v) is 4.91. The zero-order valence-electron chi connectivity index (χ0n) is 9.96. The van der Waals surface area contributed by atoms with Gasteiger partial charge in [0, 0.05) is 19.0 Å². The predicted octanol–water partition coefficient (Wildman–Crippen LogP) is 1.67. The van der Waals surface area contributed by atoms with Crippen LogP contribution in [0.25, 0.3) is 0 Å². The molecule has 2 atom stereocenters. The second kappa shape index (κ2) is 6.11. The maximum atomic E-state index is 11.5. The van der Waals surface area contributed by atoms with E-state index in [1.165, 1.54) is 19.3 Å². The Bertz CT molecular complexity index is 204. The van der Waals surface area contributed by atoms with E-state index in [1.54, 1.807) is 0 Å². The van der Waals surface area contributed by atoms with E-state index in [0.717, 1.165) is 6.42 Å². The Balaban J connectivity index is 2.45. The van der Waals surface area contributed by atoms with Crippen LogP contribution in [0.1, 0.15) is 46.0 Å². The first-order valence-electron chi connectivity index (χ1n) is 6.14. The molecular formula is C12H24N2O. The highest BCUT2D eigenvalue weighted by atomic mass is 16.1. The molecule has 1 saturated carbocycles. The van der Waals surface area contributed by atoms with E-state index in [0.29, 0.717) is 30.8 Å². The zero-order valence-corrected chi connectivity index (χ0v) is 9.96. The summed E-state index contributed by atoms with van der Waals surface area (Å²) in [4.78, 5) is 11.5. The smallest absolute Gasteiger partial charge is 0.221 e. The lowest BCUT2D eigenvalue weighted by Crippen LogP contribution is -2.44. The molecule has 15 heavy (non-hydrogen) atoms. The average Bonchev–Trinajstić information content (AvgIpc) is 2.18. The van der Waals surface area contributed by atoms with Crippen LogP contribution in [0, 0.1) is 11.8 Å². The SMILES string of the molecule is CC(C)C1CCCCC1NC(=O)CCN. The number of amides is 1. The molecule has 0 saturated heterocycles. The molecule has 3 heteroatoms. The largest absolute Gasteiger partial charge is 0.353 e. The second-order valence-electron chi connectivity index (χ2n) is 4.91. The third-order valence-electron chi connectivity index (χ3n) is 3.39. The Morgan fingerprint density at radius 1 is 1.40 bits per heavy atom. The summed E-state index contributed by atoms with van der Waals surface area (Å²) in [6.45, 7) is 4.95. The lowest BCUT2D eigenvalue weighted by molar-refractivity contribution is -0.122. The first kappa shape index (κ1) is 12.5. The van der Waals surface area contributed by atoms with Gasteiger partial charge in [-0.1, -0.05) is 26.7 Å². The molecular weight excluding hydrogens is 188 g/mol. The third kappa shape index (κ3) is 3.82. The minimum absolute atomic E-state index is 0.120. The highest BCUT2D eigenvalue weighted by Crippen LogP contribution is 2.30. The molecule has 1 amide bonds. The third-order valence-corrected chi connectivity index (χ3v) is 3.39. The first-order valence-corrected chi connectivity index (χ1v) is 6.14. The van der Waals surface area contributed by atoms with E-state index in [4.69, 9.17) is 5.73 Å². The lowest BCUT2D eigenvalue weighted by Gasteiger charge is -2.34. The van der Waals surface area contributed by atoms with Crippen molar-refractivity contribution in [2.24, 2.45) is 17.6 Å². The molecule has 0 radical (unpaired) electrons. The van der Waals surface area contributed by atoms with Crippen molar-refractivity contribution >= 4 is 5.91 Å². The maximum Gasteiger partial charge on any atom is 0.221 e. The highest BCUT2D eigenvalue weighted by molar-refractivity contribution is 5.76. The van der Waals surface area contributed by atoms with E-state index >= 15 is 0 Å². The summed E-state index contributed by atoms with van der Waals surface area (Å²) in [5.74, 6) is 1.43. The van der Waals surface area contributed by atoms with Gasteiger partial charge in [0.25, 0.3) is 0 Å². The van der Waals surface area contributed by atoms with Crippen LogP contribution in [0.3, 0.4) is 0 Å². The summed E-state index contributed by atoms with van der Waals surface area (Å²) < 4.78 is 0. The minimum Gasteiger partial charge on any atom is -0.353 e. The van der Waals surface area contributed by atoms with E-state index in [1.807, 2.05) is 0 Å². The molecule has 3 N–H and O–H groups in total. The van der Waals surface area contributed by atoms with Gasteiger partial charge in [-0.25, -0.2) is 0 Å². The Morgan fingerprint density at radius 2 is 2.07 bits per heavy atom. The Hall–Kier alpha value is -0.570. The molecule has 88 valence electrons. The summed E-state index contributed by atoms with van der Waals surface area (Å²) in [6, 6.07) is 0.387. The Morgan fingerprint density at radius 3 is 2.67 bits per heavy atom. The van der Waals surface area contributed by atoms with Crippen molar-refractivity contribution in [1.29, 1.82) is 0 Å². The molecule has 1 aliphatic rings. The molecule has 0 aromatic rings. The fraction of sp³-hybridized carbons (Fsp3) is 0.917. The number of carbonyl (C=O) groups excluding carboxylic acids is 1. The number of carbonyl (C=O) groups is 1. The molecule has 1 rings (SSSR count). The average molecular weight is 212 g/mol. The van der Waals surface area contributed by atoms with Crippen molar-refractivity contribution in [1.82, 2.24) is 5.32 Å². The van der Waals surface area contributed by atoms with Gasteiger partial charge in [0.2, 0.25) is 5.91 Å². The van der Waals surface area contributed by atoms with Crippen LogP contribution in [0.5, 0.6) is 0 Å². The summed E-state index contributed by atoms with van der Waals surface area (Å²) in [7, 11) is 0. The molecule has 2 unspecified atom stereocenters. The van der Waals surface area contributed by atoms with Crippen LogP contribution in [-0.2, 0) is 4.79 Å². The monoisotopic (exact) mass is 212 g/mol. The van der Waals surface area contributed by atoms with Gasteiger partial charge in [-0.05, 0) is 24.7 Å². The highest BCUT2D eigenvalue weighted by Gasteiger charge is 2.28. The van der Waals surface area contributed by atoms with Crippen LogP contribution in [0.2, 0.25) is 0 Å². The summed E-state index contributed by atoms with van der Waals surface area (Å²) in [6.07, 6.45) is 5.41. The lowest BCUT2D eigenvalue weighted by atomic mass is 9.78. The standard InChI is InChI=1S/C12H24N2O/c1-9(2)10-5-3-4-6-11(10)14-12(15)7-8-13/h9-11H,3-8,13H2,1-2H3,(H,14,15). The number of rotatable bonds is 4. The van der Waals surface area contributed by atoms with Crippen molar-refractivity contribution in [3.63, 3.8) is 0 Å². The fourth-order valence-electron chi connectivity index (χ4n) is 2.55. The summed E-state index contributed by atoms with van der Waals surface area (Å²) in [5, 5.41) is 3.13. The van der Waals surface area contributed by atoms with Gasteiger partial charge in [-0.15, -0.1) is 0 Å². The Labute approximate surface area is 92.8 Å². The first-order chi connectivity index (χ1) is 7.15. The normalized spacial score (nSPS) is 26.7. The topological polar surface area (TPSA) is 55.1 Å². The van der Waals surface area contributed by atoms with Crippen molar-refractivity contribution < 1.29 is 4.79 Å². The molecule has 0 aromatic heterocycles.